The van der Waals surface area contributed by atoms with Crippen molar-refractivity contribution in [2.24, 2.45) is 0 Å². The number of aliphatic hydroxyl groups is 1. The highest BCUT2D eigenvalue weighted by molar-refractivity contribution is 6.26. The molecule has 1 aliphatic rings. The molecule has 1 rings (SSSR count). The molecule has 6 heteroatoms. The third-order valence-electron chi connectivity index (χ3n) is 3.66. The first-order valence-electron chi connectivity index (χ1n) is 8.16. The van der Waals surface area contributed by atoms with E-state index in [9.17, 15) is 19.5 Å². The summed E-state index contributed by atoms with van der Waals surface area (Å²) in [6.07, 6.45) is 17.1. The van der Waals surface area contributed by atoms with Gasteiger partial charge in [0.2, 0.25) is 0 Å². The highest BCUT2D eigenvalue weighted by Gasteiger charge is 2.42. The maximum Gasteiger partial charge on any atom is 0.303 e. The van der Waals surface area contributed by atoms with Crippen molar-refractivity contribution in [1.82, 2.24) is 4.90 Å². The standard InChI is InChI=1S/C20H23NO5/c1-3-4-5-6-7-8-9-10-11-12-16(22)18-19(25)15(13-14-17(23)24)21(2)20(18)26/h3-12,15,22H,13-14H2,1-2H3,(H,23,24)/b4-3+,6-5+,8-7+,10-9+,12-11+,18-16?/t15-/m1/s1. The van der Waals surface area contributed by atoms with Crippen molar-refractivity contribution in [3.63, 3.8) is 0 Å². The molecule has 1 saturated heterocycles. The minimum absolute atomic E-state index is 0.0162. The number of rotatable bonds is 8. The smallest absolute Gasteiger partial charge is 0.303 e. The number of carboxylic acid groups (broad SMARTS) is 1. The molecule has 1 amide bonds. The van der Waals surface area contributed by atoms with Gasteiger partial charge < -0.3 is 15.1 Å². The topological polar surface area (TPSA) is 94.9 Å². The van der Waals surface area contributed by atoms with Gasteiger partial charge in [0.1, 0.15) is 11.3 Å². The number of allylic oxidation sites excluding steroid dienone is 10. The Balaban J connectivity index is 2.77. The molecule has 0 aromatic carbocycles. The average Bonchev–Trinajstić information content (AvgIpc) is 2.80. The molecule has 1 aliphatic heterocycles. The van der Waals surface area contributed by atoms with Crippen molar-refractivity contribution in [2.45, 2.75) is 25.8 Å². The lowest BCUT2D eigenvalue weighted by Crippen LogP contribution is -2.32. The number of carboxylic acids is 1. The van der Waals surface area contributed by atoms with Crippen molar-refractivity contribution < 1.29 is 24.6 Å². The Kier molecular flexibility index (Phi) is 8.57. The summed E-state index contributed by atoms with van der Waals surface area (Å²) in [6.45, 7) is 1.92. The highest BCUT2D eigenvalue weighted by Crippen LogP contribution is 2.24. The Hall–Kier alpha value is -3.15. The van der Waals surface area contributed by atoms with Gasteiger partial charge in [0.25, 0.3) is 5.91 Å². The van der Waals surface area contributed by atoms with E-state index in [0.717, 1.165) is 0 Å². The van der Waals surface area contributed by atoms with Crippen LogP contribution < -0.4 is 0 Å². The Morgan fingerprint density at radius 2 is 1.54 bits per heavy atom. The first kappa shape index (κ1) is 20.9. The van der Waals surface area contributed by atoms with E-state index < -0.39 is 29.5 Å². The van der Waals surface area contributed by atoms with Gasteiger partial charge in [-0.25, -0.2) is 0 Å². The summed E-state index contributed by atoms with van der Waals surface area (Å²) in [7, 11) is 1.42. The largest absolute Gasteiger partial charge is 0.507 e. The summed E-state index contributed by atoms with van der Waals surface area (Å²) in [6, 6.07) is -0.855. The first-order valence-corrected chi connectivity index (χ1v) is 8.16. The van der Waals surface area contributed by atoms with Crippen molar-refractivity contribution in [1.29, 1.82) is 0 Å². The molecule has 1 heterocycles. The molecule has 138 valence electrons. The van der Waals surface area contributed by atoms with Gasteiger partial charge in [-0.2, -0.15) is 0 Å². The van der Waals surface area contributed by atoms with Crippen LogP contribution in [0.4, 0.5) is 0 Å². The van der Waals surface area contributed by atoms with Gasteiger partial charge in [-0.3, -0.25) is 14.4 Å². The fourth-order valence-electron chi connectivity index (χ4n) is 2.31. The number of likely N-dealkylation sites (tertiary alicyclic amines) is 1. The molecule has 0 aromatic rings. The van der Waals surface area contributed by atoms with Gasteiger partial charge >= 0.3 is 5.97 Å². The second-order valence-corrected chi connectivity index (χ2v) is 5.53. The number of nitrogens with zero attached hydrogens (tertiary/aromatic N) is 1. The molecule has 0 aromatic heterocycles. The Bertz CT molecular complexity index is 722. The van der Waals surface area contributed by atoms with Crippen LogP contribution in [0.2, 0.25) is 0 Å². The third kappa shape index (κ3) is 6.05. The van der Waals surface area contributed by atoms with Gasteiger partial charge in [0, 0.05) is 13.5 Å². The van der Waals surface area contributed by atoms with Crippen LogP contribution >= 0.6 is 0 Å². The first-order chi connectivity index (χ1) is 12.4. The molecule has 0 unspecified atom stereocenters. The predicted molar refractivity (Wildman–Crippen MR) is 99.5 cm³/mol. The maximum atomic E-state index is 12.3. The van der Waals surface area contributed by atoms with E-state index in [-0.39, 0.29) is 18.4 Å². The molecule has 1 atom stereocenters. The molecule has 6 nitrogen and oxygen atoms in total. The summed E-state index contributed by atoms with van der Waals surface area (Å²) in [5, 5.41) is 18.8. The predicted octanol–water partition coefficient (Wildman–Crippen LogP) is 2.87. The van der Waals surface area contributed by atoms with E-state index >= 15 is 0 Å². The lowest BCUT2D eigenvalue weighted by atomic mass is 10.0. The van der Waals surface area contributed by atoms with Crippen LogP contribution in [-0.2, 0) is 14.4 Å². The van der Waals surface area contributed by atoms with E-state index in [4.69, 9.17) is 5.11 Å². The van der Waals surface area contributed by atoms with E-state index in [0.29, 0.717) is 0 Å². The van der Waals surface area contributed by atoms with E-state index in [1.807, 2.05) is 37.3 Å². The quantitative estimate of drug-likeness (QED) is 0.301. The zero-order chi connectivity index (χ0) is 19.5. The van der Waals surface area contributed by atoms with Gasteiger partial charge in [0.15, 0.2) is 5.78 Å². The van der Waals surface area contributed by atoms with Crippen LogP contribution in [0.15, 0.2) is 72.1 Å². The van der Waals surface area contributed by atoms with Crippen molar-refractivity contribution in [3.8, 4) is 0 Å². The molecule has 2 N–H and O–H groups in total. The lowest BCUT2D eigenvalue weighted by Gasteiger charge is -2.16. The molecular formula is C20H23NO5. The number of carbonyl (C=O) groups is 3. The third-order valence-corrected chi connectivity index (χ3v) is 3.66. The second kappa shape index (κ2) is 10.7. The number of likely N-dealkylation sites (N-methyl/N-ethyl adjacent to an activating group) is 1. The number of hydrogen-bond acceptors (Lipinski definition) is 4. The Labute approximate surface area is 152 Å². The monoisotopic (exact) mass is 357 g/mol. The van der Waals surface area contributed by atoms with E-state index in [2.05, 4.69) is 0 Å². The summed E-state index contributed by atoms with van der Waals surface area (Å²) < 4.78 is 0. The molecule has 0 radical (unpaired) electrons. The number of ketones is 1. The zero-order valence-electron chi connectivity index (χ0n) is 14.8. The molecule has 0 aliphatic carbocycles. The minimum Gasteiger partial charge on any atom is -0.507 e. The number of aliphatic hydroxyl groups excluding tert-OH is 1. The summed E-state index contributed by atoms with van der Waals surface area (Å²) in [5.74, 6) is -2.63. The summed E-state index contributed by atoms with van der Waals surface area (Å²) in [5.41, 5.74) is -0.308. The molecule has 0 spiro atoms. The van der Waals surface area contributed by atoms with Crippen molar-refractivity contribution >= 4 is 17.7 Å². The molecule has 26 heavy (non-hydrogen) atoms. The second-order valence-electron chi connectivity index (χ2n) is 5.53. The van der Waals surface area contributed by atoms with Gasteiger partial charge in [-0.05, 0) is 19.4 Å². The Morgan fingerprint density at radius 3 is 2.08 bits per heavy atom. The lowest BCUT2D eigenvalue weighted by molar-refractivity contribution is -0.138. The van der Waals surface area contributed by atoms with Crippen LogP contribution in [0.5, 0.6) is 0 Å². The van der Waals surface area contributed by atoms with E-state index in [1.165, 1.54) is 24.1 Å². The zero-order valence-corrected chi connectivity index (χ0v) is 14.8. The van der Waals surface area contributed by atoms with Crippen LogP contribution in [0.3, 0.4) is 0 Å². The number of aliphatic carboxylic acids is 1. The van der Waals surface area contributed by atoms with Crippen LogP contribution in [-0.4, -0.2) is 45.9 Å². The number of Topliss-reactive ketones (excluding diaryl/α,β-unsaturated/α-hetero) is 1. The Morgan fingerprint density at radius 1 is 1.00 bits per heavy atom. The molecule has 0 saturated carbocycles. The van der Waals surface area contributed by atoms with Crippen LogP contribution in [0.1, 0.15) is 19.8 Å². The summed E-state index contributed by atoms with van der Waals surface area (Å²) in [4.78, 5) is 36.3. The van der Waals surface area contributed by atoms with Gasteiger partial charge in [-0.1, -0.05) is 54.7 Å². The summed E-state index contributed by atoms with van der Waals surface area (Å²) >= 11 is 0. The van der Waals surface area contributed by atoms with Crippen LogP contribution in [0.25, 0.3) is 0 Å². The average molecular weight is 357 g/mol. The molecular weight excluding hydrogens is 334 g/mol. The van der Waals surface area contributed by atoms with Crippen molar-refractivity contribution in [3.05, 3.63) is 72.1 Å². The number of amides is 1. The number of hydrogen-bond donors (Lipinski definition) is 2. The van der Waals surface area contributed by atoms with Crippen molar-refractivity contribution in [2.75, 3.05) is 7.05 Å². The SMILES string of the molecule is C/C=C/C=C/C=C/C=C/C=C/C(O)=C1C(=O)[C@@H](CCC(=O)O)N(C)C1=O. The van der Waals surface area contributed by atoms with Crippen LogP contribution in [0, 0.1) is 0 Å². The molecule has 1 fully saturated rings. The fourth-order valence-corrected chi connectivity index (χ4v) is 2.31. The fraction of sp³-hybridized carbons (Fsp3) is 0.250. The molecule has 0 bridgehead atoms. The number of carbonyl (C=O) groups excluding carboxylic acids is 2. The minimum atomic E-state index is -1.04. The highest BCUT2D eigenvalue weighted by atomic mass is 16.4. The normalized spacial score (nSPS) is 20.8. The van der Waals surface area contributed by atoms with E-state index in [1.54, 1.807) is 18.2 Å². The van der Waals surface area contributed by atoms with Gasteiger partial charge in [-0.15, -0.1) is 0 Å². The van der Waals surface area contributed by atoms with Gasteiger partial charge in [0.05, 0.1) is 6.04 Å². The maximum absolute atomic E-state index is 12.3.